The summed E-state index contributed by atoms with van der Waals surface area (Å²) in [5, 5.41) is 11.4. The fourth-order valence-corrected chi connectivity index (χ4v) is 4.63. The maximum atomic E-state index is 13.2. The second-order valence-electron chi connectivity index (χ2n) is 8.40. The Labute approximate surface area is 203 Å². The quantitative estimate of drug-likeness (QED) is 0.347. The highest BCUT2D eigenvalue weighted by molar-refractivity contribution is 6.46. The van der Waals surface area contributed by atoms with Crippen LogP contribution in [0.2, 0.25) is 0 Å². The van der Waals surface area contributed by atoms with Crippen LogP contribution in [0.3, 0.4) is 0 Å². The molecule has 2 unspecified atom stereocenters. The van der Waals surface area contributed by atoms with E-state index in [0.29, 0.717) is 34.8 Å². The van der Waals surface area contributed by atoms with E-state index < -0.39 is 17.7 Å². The minimum Gasteiger partial charge on any atom is -0.507 e. The lowest BCUT2D eigenvalue weighted by Gasteiger charge is -2.26. The molecule has 0 aromatic heterocycles. The van der Waals surface area contributed by atoms with E-state index in [4.69, 9.17) is 23.7 Å². The molecule has 2 aliphatic heterocycles. The minimum absolute atomic E-state index is 0.0210. The smallest absolute Gasteiger partial charge is 0.295 e. The SMILES string of the molecule is COCCN1C(=O)C(=O)/C(=C(/O)c2ccc3c(c2)CC(C)O3)C1c1cc(OC)c(OC)c(OC)c1. The number of aliphatic hydroxyl groups excluding tert-OH is 1. The number of aliphatic hydroxyl groups is 1. The molecule has 0 aliphatic carbocycles. The van der Waals surface area contributed by atoms with Gasteiger partial charge in [0.1, 0.15) is 17.6 Å². The lowest BCUT2D eigenvalue weighted by molar-refractivity contribution is -0.140. The first-order chi connectivity index (χ1) is 16.8. The van der Waals surface area contributed by atoms with Gasteiger partial charge in [-0.25, -0.2) is 0 Å². The van der Waals surface area contributed by atoms with Gasteiger partial charge in [0.2, 0.25) is 5.75 Å². The lowest BCUT2D eigenvalue weighted by atomic mass is 9.94. The van der Waals surface area contributed by atoms with E-state index in [0.717, 1.165) is 11.3 Å². The number of carbonyl (C=O) groups excluding carboxylic acids is 2. The summed E-state index contributed by atoms with van der Waals surface area (Å²) in [4.78, 5) is 27.7. The fourth-order valence-electron chi connectivity index (χ4n) is 4.63. The summed E-state index contributed by atoms with van der Waals surface area (Å²) in [6.45, 7) is 2.32. The number of likely N-dealkylation sites (tertiary alicyclic amines) is 1. The van der Waals surface area contributed by atoms with Crippen LogP contribution >= 0.6 is 0 Å². The zero-order valence-electron chi connectivity index (χ0n) is 20.4. The van der Waals surface area contributed by atoms with Gasteiger partial charge < -0.3 is 33.7 Å². The number of ether oxygens (including phenoxy) is 5. The number of methoxy groups -OCH3 is 4. The Morgan fingerprint density at radius 2 is 1.74 bits per heavy atom. The van der Waals surface area contributed by atoms with E-state index >= 15 is 0 Å². The van der Waals surface area contributed by atoms with Gasteiger partial charge >= 0.3 is 0 Å². The van der Waals surface area contributed by atoms with Crippen LogP contribution in [-0.4, -0.2) is 69.4 Å². The van der Waals surface area contributed by atoms with E-state index in [-0.39, 0.29) is 30.6 Å². The molecule has 1 amide bonds. The number of fused-ring (bicyclic) bond motifs is 1. The molecule has 2 aromatic carbocycles. The van der Waals surface area contributed by atoms with E-state index in [9.17, 15) is 14.7 Å². The van der Waals surface area contributed by atoms with Gasteiger partial charge in [0.05, 0.1) is 39.6 Å². The van der Waals surface area contributed by atoms with Gasteiger partial charge in [-0.05, 0) is 48.4 Å². The lowest BCUT2D eigenvalue weighted by Crippen LogP contribution is -2.32. The predicted molar refractivity (Wildman–Crippen MR) is 127 cm³/mol. The number of hydrogen-bond donors (Lipinski definition) is 1. The van der Waals surface area contributed by atoms with Crippen LogP contribution in [0.5, 0.6) is 23.0 Å². The maximum absolute atomic E-state index is 13.2. The van der Waals surface area contributed by atoms with Crippen LogP contribution < -0.4 is 18.9 Å². The largest absolute Gasteiger partial charge is 0.507 e. The summed E-state index contributed by atoms with van der Waals surface area (Å²) in [6, 6.07) is 7.70. The molecule has 2 heterocycles. The van der Waals surface area contributed by atoms with Crippen molar-refractivity contribution in [3.8, 4) is 23.0 Å². The van der Waals surface area contributed by atoms with E-state index in [1.807, 2.05) is 6.92 Å². The molecule has 0 spiro atoms. The number of carbonyl (C=O) groups is 2. The second kappa shape index (κ2) is 9.87. The first-order valence-corrected chi connectivity index (χ1v) is 11.2. The van der Waals surface area contributed by atoms with Crippen molar-refractivity contribution in [1.82, 2.24) is 4.90 Å². The number of hydrogen-bond acceptors (Lipinski definition) is 8. The van der Waals surface area contributed by atoms with E-state index in [1.165, 1.54) is 33.3 Å². The van der Waals surface area contributed by atoms with Gasteiger partial charge in [0.25, 0.3) is 11.7 Å². The fraction of sp³-hybridized carbons (Fsp3) is 0.385. The molecule has 0 bridgehead atoms. The Morgan fingerprint density at radius 3 is 2.34 bits per heavy atom. The average Bonchev–Trinajstić information content (AvgIpc) is 3.36. The van der Waals surface area contributed by atoms with Gasteiger partial charge in [-0.1, -0.05) is 0 Å². The Balaban J connectivity index is 1.90. The van der Waals surface area contributed by atoms with Crippen LogP contribution in [0.1, 0.15) is 29.7 Å². The molecular weight excluding hydrogens is 454 g/mol. The zero-order valence-corrected chi connectivity index (χ0v) is 20.4. The normalized spacial score (nSPS) is 20.5. The van der Waals surface area contributed by atoms with Crippen molar-refractivity contribution >= 4 is 17.4 Å². The summed E-state index contributed by atoms with van der Waals surface area (Å²) in [6.07, 6.45) is 0.718. The Morgan fingerprint density at radius 1 is 1.06 bits per heavy atom. The van der Waals surface area contributed by atoms with Crippen molar-refractivity contribution in [3.05, 3.63) is 52.6 Å². The minimum atomic E-state index is -0.887. The van der Waals surface area contributed by atoms with Gasteiger partial charge in [-0.2, -0.15) is 0 Å². The highest BCUT2D eigenvalue weighted by Gasteiger charge is 2.46. The Bertz CT molecular complexity index is 1160. The molecule has 9 nitrogen and oxygen atoms in total. The van der Waals surface area contributed by atoms with Crippen LogP contribution in [0, 0.1) is 0 Å². The van der Waals surface area contributed by atoms with Crippen LogP contribution in [-0.2, 0) is 20.7 Å². The van der Waals surface area contributed by atoms with E-state index in [1.54, 1.807) is 30.3 Å². The summed E-state index contributed by atoms with van der Waals surface area (Å²) in [5.41, 5.74) is 1.87. The summed E-state index contributed by atoms with van der Waals surface area (Å²) >= 11 is 0. The summed E-state index contributed by atoms with van der Waals surface area (Å²) < 4.78 is 27.3. The number of rotatable bonds is 8. The molecule has 4 rings (SSSR count). The van der Waals surface area contributed by atoms with Crippen molar-refractivity contribution < 1.29 is 38.4 Å². The standard InChI is InChI=1S/C26H29NO8/c1-14-10-16-11-15(6-7-18(16)35-14)23(28)21-22(27(8-9-31-2)26(30)24(21)29)17-12-19(32-3)25(34-5)20(13-17)33-4/h6-7,11-14,22,28H,8-10H2,1-5H3/b23-21+. The molecular formula is C26H29NO8. The summed E-state index contributed by atoms with van der Waals surface area (Å²) in [7, 11) is 5.97. The first-order valence-electron chi connectivity index (χ1n) is 11.2. The third kappa shape index (κ3) is 4.27. The molecule has 1 saturated heterocycles. The molecule has 2 aliphatic rings. The van der Waals surface area contributed by atoms with Gasteiger partial charge in [-0.15, -0.1) is 0 Å². The maximum Gasteiger partial charge on any atom is 0.295 e. The van der Waals surface area contributed by atoms with Gasteiger partial charge in [0.15, 0.2) is 11.5 Å². The number of ketones is 1. The van der Waals surface area contributed by atoms with Crippen molar-refractivity contribution in [2.75, 3.05) is 41.6 Å². The third-order valence-corrected chi connectivity index (χ3v) is 6.25. The van der Waals surface area contributed by atoms with E-state index in [2.05, 4.69) is 0 Å². The topological polar surface area (TPSA) is 104 Å². The second-order valence-corrected chi connectivity index (χ2v) is 8.40. The highest BCUT2D eigenvalue weighted by Crippen LogP contribution is 2.46. The molecule has 0 radical (unpaired) electrons. The van der Waals surface area contributed by atoms with Gasteiger partial charge in [0, 0.05) is 25.6 Å². The molecule has 1 N–H and O–H groups in total. The van der Waals surface area contributed by atoms with Crippen LogP contribution in [0.4, 0.5) is 0 Å². The molecule has 2 aromatic rings. The zero-order chi connectivity index (χ0) is 25.3. The van der Waals surface area contributed by atoms with Crippen LogP contribution in [0.25, 0.3) is 5.76 Å². The van der Waals surface area contributed by atoms with Crippen molar-refractivity contribution in [2.24, 2.45) is 0 Å². The van der Waals surface area contributed by atoms with Crippen molar-refractivity contribution in [1.29, 1.82) is 0 Å². The van der Waals surface area contributed by atoms with Crippen LogP contribution in [0.15, 0.2) is 35.9 Å². The highest BCUT2D eigenvalue weighted by atomic mass is 16.5. The Kier molecular flexibility index (Phi) is 6.88. The van der Waals surface area contributed by atoms with Gasteiger partial charge in [-0.3, -0.25) is 9.59 Å². The number of nitrogens with zero attached hydrogens (tertiary/aromatic N) is 1. The Hall–Kier alpha value is -3.72. The molecule has 35 heavy (non-hydrogen) atoms. The average molecular weight is 484 g/mol. The molecule has 1 fully saturated rings. The van der Waals surface area contributed by atoms with Crippen molar-refractivity contribution in [2.45, 2.75) is 25.5 Å². The monoisotopic (exact) mass is 483 g/mol. The molecule has 2 atom stereocenters. The first kappa shape index (κ1) is 24.4. The summed E-state index contributed by atoms with van der Waals surface area (Å²) in [5.74, 6) is 0.0918. The molecule has 0 saturated carbocycles. The number of benzene rings is 2. The molecule has 186 valence electrons. The molecule has 9 heteroatoms. The van der Waals surface area contributed by atoms with Crippen molar-refractivity contribution in [3.63, 3.8) is 0 Å². The predicted octanol–water partition coefficient (Wildman–Crippen LogP) is 3.10. The number of amides is 1. The number of Topliss-reactive ketones (excluding diaryl/α,β-unsaturated/α-hetero) is 1. The third-order valence-electron chi connectivity index (χ3n) is 6.25.